The molecule has 8 heteroatoms. The van der Waals surface area contributed by atoms with Crippen molar-refractivity contribution in [2.75, 3.05) is 17.6 Å². The lowest BCUT2D eigenvalue weighted by Crippen LogP contribution is -2.18. The molecule has 19 heavy (non-hydrogen) atoms. The summed E-state index contributed by atoms with van der Waals surface area (Å²) in [5, 5.41) is 9.12. The molecular weight excluding hydrogens is 284 g/mol. The molecule has 0 radical (unpaired) electrons. The summed E-state index contributed by atoms with van der Waals surface area (Å²) >= 11 is 1.63. The van der Waals surface area contributed by atoms with E-state index >= 15 is 0 Å². The molecule has 0 fully saturated rings. The summed E-state index contributed by atoms with van der Waals surface area (Å²) in [6, 6.07) is 0. The fourth-order valence-electron chi connectivity index (χ4n) is 1.80. The summed E-state index contributed by atoms with van der Waals surface area (Å²) in [7, 11) is -3.40. The minimum absolute atomic E-state index is 0.0319. The van der Waals surface area contributed by atoms with Gasteiger partial charge in [-0.15, -0.1) is 11.3 Å². The van der Waals surface area contributed by atoms with Crippen LogP contribution in [0.15, 0.2) is 6.33 Å². The number of aromatic nitrogens is 2. The molecule has 0 saturated heterocycles. The van der Waals surface area contributed by atoms with E-state index in [4.69, 9.17) is 5.14 Å². The molecule has 3 N–H and O–H groups in total. The Labute approximate surface area is 116 Å². The van der Waals surface area contributed by atoms with E-state index < -0.39 is 10.0 Å². The summed E-state index contributed by atoms with van der Waals surface area (Å²) in [6.45, 7) is 4.59. The molecule has 104 valence electrons. The van der Waals surface area contributed by atoms with Crippen LogP contribution in [0, 0.1) is 13.8 Å². The fourth-order valence-corrected chi connectivity index (χ4v) is 3.34. The van der Waals surface area contributed by atoms with Gasteiger partial charge in [0.15, 0.2) is 0 Å². The third-order valence-corrected chi connectivity index (χ3v) is 4.84. The second-order valence-corrected chi connectivity index (χ2v) is 7.27. The number of hydrogen-bond acceptors (Lipinski definition) is 6. The van der Waals surface area contributed by atoms with Gasteiger partial charge < -0.3 is 5.32 Å². The van der Waals surface area contributed by atoms with Crippen molar-refractivity contribution < 1.29 is 8.42 Å². The normalized spacial score (nSPS) is 11.9. The van der Waals surface area contributed by atoms with Crippen molar-refractivity contribution in [2.24, 2.45) is 5.14 Å². The Bertz CT molecular complexity index is 694. The summed E-state index contributed by atoms with van der Waals surface area (Å²) in [6.07, 6.45) is 1.96. The molecule has 2 rings (SSSR count). The van der Waals surface area contributed by atoms with Crippen molar-refractivity contribution in [1.82, 2.24) is 9.97 Å². The Kier molecular flexibility index (Phi) is 4.02. The summed E-state index contributed by atoms with van der Waals surface area (Å²) in [5.41, 5.74) is 1.16. The zero-order valence-electron chi connectivity index (χ0n) is 10.8. The van der Waals surface area contributed by atoms with Gasteiger partial charge in [-0.2, -0.15) is 0 Å². The highest BCUT2D eigenvalue weighted by atomic mass is 32.2. The lowest BCUT2D eigenvalue weighted by Gasteiger charge is -2.06. The van der Waals surface area contributed by atoms with Crippen molar-refractivity contribution in [1.29, 1.82) is 0 Å². The molecule has 0 spiro atoms. The number of rotatable bonds is 5. The van der Waals surface area contributed by atoms with Gasteiger partial charge in [0, 0.05) is 11.4 Å². The molecule has 0 atom stereocenters. The molecule has 0 saturated carbocycles. The second-order valence-electron chi connectivity index (χ2n) is 4.33. The van der Waals surface area contributed by atoms with E-state index in [2.05, 4.69) is 15.3 Å². The lowest BCUT2D eigenvalue weighted by molar-refractivity contribution is 0.596. The topological polar surface area (TPSA) is 98.0 Å². The number of thiophene rings is 1. The van der Waals surface area contributed by atoms with Gasteiger partial charge in [0.2, 0.25) is 10.0 Å². The van der Waals surface area contributed by atoms with Gasteiger partial charge in [-0.25, -0.2) is 23.5 Å². The SMILES string of the molecule is Cc1sc2ncnc(NCCCS(N)(=O)=O)c2c1C. The maximum Gasteiger partial charge on any atom is 0.209 e. The highest BCUT2D eigenvalue weighted by molar-refractivity contribution is 7.89. The van der Waals surface area contributed by atoms with Crippen molar-refractivity contribution in [3.8, 4) is 0 Å². The molecule has 0 amide bonds. The Hall–Kier alpha value is -1.25. The fraction of sp³-hybridized carbons (Fsp3) is 0.455. The number of nitrogens with one attached hydrogen (secondary N) is 1. The standard InChI is InChI=1S/C11H16N4O2S2/c1-7-8(2)18-11-9(7)10(14-6-15-11)13-4-3-5-19(12,16)17/h6H,3-5H2,1-2H3,(H2,12,16,17)(H,13,14,15). The van der Waals surface area contributed by atoms with Crippen LogP contribution in [0.2, 0.25) is 0 Å². The van der Waals surface area contributed by atoms with Crippen molar-refractivity contribution in [3.63, 3.8) is 0 Å². The van der Waals surface area contributed by atoms with Gasteiger partial charge in [0.25, 0.3) is 0 Å². The third kappa shape index (κ3) is 3.40. The molecule has 0 bridgehead atoms. The number of aryl methyl sites for hydroxylation is 2. The maximum absolute atomic E-state index is 10.8. The van der Waals surface area contributed by atoms with Gasteiger partial charge in [-0.05, 0) is 25.8 Å². The first-order chi connectivity index (χ1) is 8.88. The number of primary sulfonamides is 1. The molecule has 2 aromatic rings. The monoisotopic (exact) mass is 300 g/mol. The Morgan fingerprint density at radius 3 is 2.79 bits per heavy atom. The first kappa shape index (κ1) is 14.2. The van der Waals surface area contributed by atoms with Gasteiger partial charge in [0.05, 0.1) is 11.1 Å². The average Bonchev–Trinajstić information content (AvgIpc) is 2.60. The summed E-state index contributed by atoms with van der Waals surface area (Å²) < 4.78 is 21.7. The quantitative estimate of drug-likeness (QED) is 0.813. The molecule has 2 aromatic heterocycles. The molecule has 0 aromatic carbocycles. The van der Waals surface area contributed by atoms with Crippen LogP contribution in [0.25, 0.3) is 10.2 Å². The smallest absolute Gasteiger partial charge is 0.209 e. The molecule has 2 heterocycles. The van der Waals surface area contributed by atoms with Gasteiger partial charge in [0.1, 0.15) is 17.0 Å². The van der Waals surface area contributed by atoms with Crippen LogP contribution in [0.1, 0.15) is 16.9 Å². The summed E-state index contributed by atoms with van der Waals surface area (Å²) in [4.78, 5) is 10.6. The van der Waals surface area contributed by atoms with Gasteiger partial charge in [-0.3, -0.25) is 0 Å². The van der Waals surface area contributed by atoms with Crippen LogP contribution < -0.4 is 10.5 Å². The van der Waals surface area contributed by atoms with E-state index in [-0.39, 0.29) is 5.75 Å². The minimum Gasteiger partial charge on any atom is -0.369 e. The van der Waals surface area contributed by atoms with Crippen LogP contribution in [0.4, 0.5) is 5.82 Å². The van der Waals surface area contributed by atoms with Crippen LogP contribution >= 0.6 is 11.3 Å². The van der Waals surface area contributed by atoms with Crippen molar-refractivity contribution >= 4 is 37.4 Å². The maximum atomic E-state index is 10.8. The highest BCUT2D eigenvalue weighted by Gasteiger charge is 2.11. The van der Waals surface area contributed by atoms with E-state index in [9.17, 15) is 8.42 Å². The first-order valence-electron chi connectivity index (χ1n) is 5.83. The largest absolute Gasteiger partial charge is 0.369 e. The van der Waals surface area contributed by atoms with Crippen molar-refractivity contribution in [2.45, 2.75) is 20.3 Å². The van der Waals surface area contributed by atoms with E-state index in [0.29, 0.717) is 13.0 Å². The van der Waals surface area contributed by atoms with Crippen LogP contribution in [0.5, 0.6) is 0 Å². The minimum atomic E-state index is -3.40. The molecule has 0 unspecified atom stereocenters. The average molecular weight is 300 g/mol. The van der Waals surface area contributed by atoms with E-state index in [1.54, 1.807) is 11.3 Å². The number of fused-ring (bicyclic) bond motifs is 1. The predicted molar refractivity (Wildman–Crippen MR) is 78.0 cm³/mol. The van der Waals surface area contributed by atoms with E-state index in [1.165, 1.54) is 11.2 Å². The molecular formula is C11H16N4O2S2. The zero-order chi connectivity index (χ0) is 14.0. The second kappa shape index (κ2) is 5.40. The number of nitrogens with two attached hydrogens (primary N) is 1. The van der Waals surface area contributed by atoms with Crippen LogP contribution in [-0.4, -0.2) is 30.7 Å². The first-order valence-corrected chi connectivity index (χ1v) is 8.37. The predicted octanol–water partition coefficient (Wildman–Crippen LogP) is 1.40. The number of hydrogen-bond donors (Lipinski definition) is 2. The van der Waals surface area contributed by atoms with E-state index in [1.807, 2.05) is 13.8 Å². The zero-order valence-corrected chi connectivity index (χ0v) is 12.4. The van der Waals surface area contributed by atoms with Gasteiger partial charge >= 0.3 is 0 Å². The van der Waals surface area contributed by atoms with Crippen LogP contribution in [0.3, 0.4) is 0 Å². The Morgan fingerprint density at radius 2 is 2.11 bits per heavy atom. The molecule has 6 nitrogen and oxygen atoms in total. The van der Waals surface area contributed by atoms with Gasteiger partial charge in [-0.1, -0.05) is 0 Å². The van der Waals surface area contributed by atoms with Crippen molar-refractivity contribution in [3.05, 3.63) is 16.8 Å². The third-order valence-electron chi connectivity index (χ3n) is 2.86. The Balaban J connectivity index is 2.13. The highest BCUT2D eigenvalue weighted by Crippen LogP contribution is 2.32. The number of nitrogens with zero attached hydrogens (tertiary/aromatic N) is 2. The Morgan fingerprint density at radius 1 is 1.37 bits per heavy atom. The van der Waals surface area contributed by atoms with Crippen LogP contribution in [-0.2, 0) is 10.0 Å². The summed E-state index contributed by atoms with van der Waals surface area (Å²) in [5.74, 6) is 0.719. The molecule has 0 aliphatic rings. The molecule has 0 aliphatic carbocycles. The number of anilines is 1. The number of sulfonamides is 1. The lowest BCUT2D eigenvalue weighted by atomic mass is 10.2. The van der Waals surface area contributed by atoms with E-state index in [0.717, 1.165) is 21.6 Å². The molecule has 0 aliphatic heterocycles.